The average molecular weight is 707 g/mol. The molecule has 0 amide bonds. The lowest BCUT2D eigenvalue weighted by atomic mass is 9.79. The Bertz CT molecular complexity index is 2070. The van der Waals surface area contributed by atoms with Gasteiger partial charge in [-0.1, -0.05) is 0 Å². The Hall–Kier alpha value is -3.86. The molecule has 260 valence electrons. The summed E-state index contributed by atoms with van der Waals surface area (Å²) < 4.78 is 76.1. The van der Waals surface area contributed by atoms with Crippen molar-refractivity contribution in [1.29, 1.82) is 0 Å². The van der Waals surface area contributed by atoms with Crippen LogP contribution in [0.1, 0.15) is 76.8 Å². The van der Waals surface area contributed by atoms with E-state index < -0.39 is 60.7 Å². The molecule has 5 rings (SSSR count). The molecule has 0 saturated carbocycles. The van der Waals surface area contributed by atoms with Crippen molar-refractivity contribution in [3.63, 3.8) is 0 Å². The fraction of sp³-hybridized carbons (Fsp3) is 0.500. The van der Waals surface area contributed by atoms with Gasteiger partial charge in [0.1, 0.15) is 23.3 Å². The smallest absolute Gasteiger partial charge is 0.303 e. The molecule has 0 aliphatic carbocycles. The van der Waals surface area contributed by atoms with Crippen LogP contribution in [0.15, 0.2) is 35.3 Å². The first-order chi connectivity index (χ1) is 22.1. The second kappa shape index (κ2) is 12.5. The molecule has 14 nitrogen and oxygen atoms in total. The number of benzene rings is 2. The molecule has 2 aromatic carbocycles. The Morgan fingerprint density at radius 1 is 0.958 bits per heavy atom. The SMILES string of the molecule is CC1(C)CC(CS(=O)(=O)O)c2cc3c(cc2N1CCCC(=O)O)Oc1cc2c(cc1=N3)C(CS(=O)(=O)O)=CC(C)(C)[N+]=2CCCC(=O)O. The van der Waals surface area contributed by atoms with E-state index in [0.29, 0.717) is 82.6 Å². The Balaban J connectivity index is 1.69. The fourth-order valence-corrected chi connectivity index (χ4v) is 8.57. The lowest BCUT2D eigenvalue weighted by Gasteiger charge is -2.48. The standard InChI is InChI=1S/C32H39N3O11S2/c1-31(2)15-19(17-47(40,41)42)21-11-23-27(13-25(21)34(31)9-5-7-29(36)37)46-28-14-26-22(12-24(28)33-23)20(18-48(43,44)45)16-32(3,4)35(26)10-6-8-30(38)39/h11-15,20H,5-10,16-18H2,1-4H3,(H3-,36,37,38,39,40,41,42,43,44,45)/p+1. The van der Waals surface area contributed by atoms with Gasteiger partial charge in [0.25, 0.3) is 20.2 Å². The molecule has 0 radical (unpaired) electrons. The minimum Gasteiger partial charge on any atom is -0.481 e. The van der Waals surface area contributed by atoms with Gasteiger partial charge in [-0.25, -0.2) is 9.57 Å². The number of anilines is 1. The monoisotopic (exact) mass is 706 g/mol. The normalized spacial score (nSPS) is 19.1. The second-order valence-electron chi connectivity index (χ2n) is 13.7. The van der Waals surface area contributed by atoms with Gasteiger partial charge in [-0.05, 0) is 56.0 Å². The Kier molecular flexibility index (Phi) is 9.27. The second-order valence-corrected chi connectivity index (χ2v) is 16.7. The van der Waals surface area contributed by atoms with Crippen LogP contribution in [0.3, 0.4) is 0 Å². The Morgan fingerprint density at radius 2 is 1.62 bits per heavy atom. The minimum absolute atomic E-state index is 0.0566. The molecule has 48 heavy (non-hydrogen) atoms. The van der Waals surface area contributed by atoms with Crippen molar-refractivity contribution in [2.45, 2.75) is 76.8 Å². The molecule has 3 heterocycles. The van der Waals surface area contributed by atoms with Gasteiger partial charge < -0.3 is 19.8 Å². The van der Waals surface area contributed by atoms with E-state index in [1.807, 2.05) is 37.2 Å². The van der Waals surface area contributed by atoms with Crippen LogP contribution in [-0.2, 0) is 29.8 Å². The molecule has 1 unspecified atom stereocenters. The zero-order valence-corrected chi connectivity index (χ0v) is 28.8. The molecule has 2 aromatic rings. The molecule has 4 N–H and O–H groups in total. The van der Waals surface area contributed by atoms with E-state index in [-0.39, 0.29) is 12.8 Å². The molecule has 3 aliphatic heterocycles. The lowest BCUT2D eigenvalue weighted by molar-refractivity contribution is -0.138. The highest BCUT2D eigenvalue weighted by molar-refractivity contribution is 7.86. The van der Waals surface area contributed by atoms with Crippen molar-refractivity contribution in [2.24, 2.45) is 4.99 Å². The molecule has 0 fully saturated rings. The average Bonchev–Trinajstić information content (AvgIpc) is 2.91. The summed E-state index contributed by atoms with van der Waals surface area (Å²) in [5.41, 5.74) is 1.08. The third-order valence-corrected chi connectivity index (χ3v) is 10.5. The van der Waals surface area contributed by atoms with Gasteiger partial charge in [0.15, 0.2) is 17.0 Å². The highest BCUT2D eigenvalue weighted by Crippen LogP contribution is 2.49. The summed E-state index contributed by atoms with van der Waals surface area (Å²) in [4.78, 5) is 29.4. The number of carboxylic acid groups (broad SMARTS) is 2. The number of carboxylic acids is 2. The van der Waals surface area contributed by atoms with Gasteiger partial charge in [-0.3, -0.25) is 18.7 Å². The summed E-state index contributed by atoms with van der Waals surface area (Å²) >= 11 is 0. The maximum atomic E-state index is 12.1. The number of rotatable bonds is 12. The Labute approximate surface area is 278 Å². The highest BCUT2D eigenvalue weighted by Gasteiger charge is 2.41. The first kappa shape index (κ1) is 35.4. The molecule has 0 aromatic heterocycles. The van der Waals surface area contributed by atoms with Gasteiger partial charge in [-0.2, -0.15) is 16.8 Å². The largest absolute Gasteiger partial charge is 0.481 e. The van der Waals surface area contributed by atoms with Crippen LogP contribution in [0.4, 0.5) is 11.4 Å². The molecule has 1 atom stereocenters. The van der Waals surface area contributed by atoms with E-state index in [0.717, 1.165) is 0 Å². The predicted octanol–water partition coefficient (Wildman–Crippen LogP) is 2.99. The quantitative estimate of drug-likeness (QED) is 0.158. The van der Waals surface area contributed by atoms with Gasteiger partial charge in [0.2, 0.25) is 5.36 Å². The first-order valence-corrected chi connectivity index (χ1v) is 18.7. The molecule has 0 spiro atoms. The van der Waals surface area contributed by atoms with Crippen LogP contribution in [0.5, 0.6) is 11.5 Å². The summed E-state index contributed by atoms with van der Waals surface area (Å²) in [7, 11) is -8.78. The number of hydrogen-bond donors (Lipinski definition) is 4. The van der Waals surface area contributed by atoms with Crippen molar-refractivity contribution in [2.75, 3.05) is 29.5 Å². The number of aliphatic carboxylic acids is 2. The number of ether oxygens (including phenoxy) is 1. The van der Waals surface area contributed by atoms with E-state index in [1.54, 1.807) is 30.3 Å². The van der Waals surface area contributed by atoms with Crippen molar-refractivity contribution < 1.29 is 50.5 Å². The molecular weight excluding hydrogens is 666 g/mol. The Morgan fingerprint density at radius 3 is 2.25 bits per heavy atom. The van der Waals surface area contributed by atoms with Crippen LogP contribution in [-0.4, -0.2) is 83.8 Å². The fourth-order valence-electron chi connectivity index (χ4n) is 7.13. The van der Waals surface area contributed by atoms with Crippen molar-refractivity contribution in [1.82, 2.24) is 4.58 Å². The van der Waals surface area contributed by atoms with Crippen LogP contribution in [0.25, 0.3) is 5.57 Å². The summed E-state index contributed by atoms with van der Waals surface area (Å²) in [6.45, 7) is 8.27. The summed E-state index contributed by atoms with van der Waals surface area (Å²) in [5, 5.41) is 19.4. The van der Waals surface area contributed by atoms with Crippen molar-refractivity contribution in [3.8, 4) is 11.5 Å². The van der Waals surface area contributed by atoms with Crippen LogP contribution >= 0.6 is 0 Å². The zero-order chi connectivity index (χ0) is 35.4. The number of fused-ring (bicyclic) bond motifs is 4. The van der Waals surface area contributed by atoms with Crippen molar-refractivity contribution in [3.05, 3.63) is 52.2 Å². The third kappa shape index (κ3) is 7.72. The van der Waals surface area contributed by atoms with E-state index in [1.165, 1.54) is 0 Å². The highest BCUT2D eigenvalue weighted by atomic mass is 32.2. The third-order valence-electron chi connectivity index (χ3n) is 9.01. The molecule has 0 saturated heterocycles. The van der Waals surface area contributed by atoms with Crippen LogP contribution in [0.2, 0.25) is 0 Å². The van der Waals surface area contributed by atoms with Gasteiger partial charge in [0, 0.05) is 56.4 Å². The molecular formula is C32H40N3O11S2+. The van der Waals surface area contributed by atoms with E-state index in [2.05, 4.69) is 0 Å². The number of hydrogen-bond acceptors (Lipinski definition) is 9. The summed E-state index contributed by atoms with van der Waals surface area (Å²) in [5.74, 6) is -2.95. The maximum absolute atomic E-state index is 12.1. The zero-order valence-electron chi connectivity index (χ0n) is 27.1. The summed E-state index contributed by atoms with van der Waals surface area (Å²) in [6.07, 6.45) is 2.61. The van der Waals surface area contributed by atoms with Gasteiger partial charge >= 0.3 is 11.9 Å². The van der Waals surface area contributed by atoms with Crippen LogP contribution < -0.4 is 24.9 Å². The van der Waals surface area contributed by atoms with Gasteiger partial charge in [0.05, 0.1) is 23.8 Å². The van der Waals surface area contributed by atoms with Crippen LogP contribution in [0, 0.1) is 0 Å². The molecule has 3 aliphatic rings. The maximum Gasteiger partial charge on any atom is 0.303 e. The number of nitrogens with zero attached hydrogens (tertiary/aromatic N) is 3. The number of carbonyl (C=O) groups is 2. The molecule has 0 bridgehead atoms. The first-order valence-electron chi connectivity index (χ1n) is 15.5. The topological polar surface area (TPSA) is 211 Å². The summed E-state index contributed by atoms with van der Waals surface area (Å²) in [6, 6.07) is 6.82. The minimum atomic E-state index is -4.42. The predicted molar refractivity (Wildman–Crippen MR) is 177 cm³/mol. The van der Waals surface area contributed by atoms with Gasteiger partial charge in [-0.15, -0.1) is 0 Å². The molecule has 16 heteroatoms. The van der Waals surface area contributed by atoms with E-state index in [4.69, 9.17) is 9.73 Å². The van der Waals surface area contributed by atoms with E-state index in [9.17, 15) is 45.7 Å². The van der Waals surface area contributed by atoms with Crippen molar-refractivity contribution >= 4 is 49.1 Å². The lowest BCUT2D eigenvalue weighted by Crippen LogP contribution is -2.50. The van der Waals surface area contributed by atoms with E-state index >= 15 is 0 Å².